The lowest BCUT2D eigenvalue weighted by molar-refractivity contribution is -0.895. The number of amides is 2. The van der Waals surface area contributed by atoms with Crippen LogP contribution in [0.25, 0.3) is 0 Å². The van der Waals surface area contributed by atoms with E-state index in [0.29, 0.717) is 54.2 Å². The largest absolute Gasteiger partial charge is 0.327 e. The van der Waals surface area contributed by atoms with E-state index in [1.807, 2.05) is 12.1 Å². The van der Waals surface area contributed by atoms with Crippen LogP contribution in [-0.4, -0.2) is 54.4 Å². The first-order chi connectivity index (χ1) is 12.5. The summed E-state index contributed by atoms with van der Waals surface area (Å²) in [6.45, 7) is 2.95. The van der Waals surface area contributed by atoms with E-state index in [4.69, 9.17) is 23.2 Å². The number of para-hydroxylation sites is 1. The number of hydrogen-bond donors (Lipinski definition) is 2. The van der Waals surface area contributed by atoms with Crippen molar-refractivity contribution in [1.82, 2.24) is 9.88 Å². The van der Waals surface area contributed by atoms with E-state index in [0.717, 1.165) is 4.90 Å². The van der Waals surface area contributed by atoms with Crippen molar-refractivity contribution in [2.24, 2.45) is 0 Å². The number of piperazine rings is 1. The number of anilines is 1. The normalized spacial score (nSPS) is 14.9. The Bertz CT molecular complexity index is 790. The van der Waals surface area contributed by atoms with Gasteiger partial charge in [-0.25, -0.2) is 4.98 Å². The van der Waals surface area contributed by atoms with E-state index in [2.05, 4.69) is 10.3 Å². The molecule has 0 radical (unpaired) electrons. The number of pyridine rings is 1. The lowest BCUT2D eigenvalue weighted by Gasteiger charge is -2.31. The molecule has 1 fully saturated rings. The molecule has 2 amide bonds. The van der Waals surface area contributed by atoms with Crippen molar-refractivity contribution in [2.45, 2.75) is 0 Å². The second-order valence-electron chi connectivity index (χ2n) is 6.12. The first-order valence-corrected chi connectivity index (χ1v) is 9.07. The number of rotatable bonds is 4. The van der Waals surface area contributed by atoms with Gasteiger partial charge in [0.05, 0.1) is 42.5 Å². The highest BCUT2D eigenvalue weighted by Gasteiger charge is 2.26. The van der Waals surface area contributed by atoms with Gasteiger partial charge in [-0.1, -0.05) is 35.3 Å². The highest BCUT2D eigenvalue weighted by molar-refractivity contribution is 6.33. The van der Waals surface area contributed by atoms with Crippen molar-refractivity contribution >= 4 is 40.7 Å². The smallest absolute Gasteiger partial charge is 0.279 e. The number of carbonyl (C=O) groups excluding carboxylic acids is 2. The molecule has 1 aromatic heterocycles. The van der Waals surface area contributed by atoms with Crippen LogP contribution in [0.15, 0.2) is 42.6 Å². The Labute approximate surface area is 161 Å². The van der Waals surface area contributed by atoms with Crippen LogP contribution in [0.5, 0.6) is 0 Å². The quantitative estimate of drug-likeness (QED) is 0.770. The van der Waals surface area contributed by atoms with Crippen molar-refractivity contribution < 1.29 is 14.5 Å². The van der Waals surface area contributed by atoms with Gasteiger partial charge in [-0.15, -0.1) is 0 Å². The van der Waals surface area contributed by atoms with Gasteiger partial charge in [0.2, 0.25) is 0 Å². The van der Waals surface area contributed by atoms with Crippen LogP contribution >= 0.6 is 23.2 Å². The van der Waals surface area contributed by atoms with Gasteiger partial charge in [0, 0.05) is 6.20 Å². The molecule has 1 aliphatic rings. The molecule has 0 atom stereocenters. The first kappa shape index (κ1) is 18.6. The topological polar surface area (TPSA) is 66.7 Å². The van der Waals surface area contributed by atoms with Gasteiger partial charge in [0.1, 0.15) is 5.15 Å². The standard InChI is InChI=1S/C18H18Cl2N4O2/c19-14-3-1-2-4-15(14)22-17(25)12-23-7-9-24(10-8-23)18(26)13-5-6-16(20)21-11-13/h1-6,11H,7-10,12H2,(H,22,25)/p+1. The zero-order valence-electron chi connectivity index (χ0n) is 14.0. The maximum absolute atomic E-state index is 12.5. The molecule has 1 aromatic carbocycles. The van der Waals surface area contributed by atoms with Gasteiger partial charge < -0.3 is 15.1 Å². The lowest BCUT2D eigenvalue weighted by Crippen LogP contribution is -3.15. The van der Waals surface area contributed by atoms with E-state index >= 15 is 0 Å². The van der Waals surface area contributed by atoms with Gasteiger partial charge in [-0.3, -0.25) is 9.59 Å². The summed E-state index contributed by atoms with van der Waals surface area (Å²) in [5, 5.41) is 3.71. The van der Waals surface area contributed by atoms with E-state index in [1.165, 1.54) is 6.20 Å². The van der Waals surface area contributed by atoms with Crippen LogP contribution in [-0.2, 0) is 4.79 Å². The average molecular weight is 394 g/mol. The fraction of sp³-hybridized carbons (Fsp3) is 0.278. The Hall–Kier alpha value is -2.15. The predicted octanol–water partition coefficient (Wildman–Crippen LogP) is 1.37. The van der Waals surface area contributed by atoms with E-state index in [9.17, 15) is 9.59 Å². The number of nitrogens with zero attached hydrogens (tertiary/aromatic N) is 2. The van der Waals surface area contributed by atoms with Crippen LogP contribution in [0.4, 0.5) is 5.69 Å². The minimum Gasteiger partial charge on any atom is -0.327 e. The number of benzene rings is 1. The van der Waals surface area contributed by atoms with Crippen molar-refractivity contribution in [3.05, 3.63) is 58.3 Å². The van der Waals surface area contributed by atoms with Crippen molar-refractivity contribution in [3.8, 4) is 0 Å². The Balaban J connectivity index is 1.49. The third-order valence-corrected chi connectivity index (χ3v) is 4.84. The fourth-order valence-corrected chi connectivity index (χ4v) is 3.17. The van der Waals surface area contributed by atoms with Gasteiger partial charge in [-0.05, 0) is 24.3 Å². The van der Waals surface area contributed by atoms with Crippen molar-refractivity contribution in [2.75, 3.05) is 38.0 Å². The number of nitrogens with one attached hydrogen (secondary N) is 2. The van der Waals surface area contributed by atoms with Gasteiger partial charge >= 0.3 is 0 Å². The molecule has 0 bridgehead atoms. The van der Waals surface area contributed by atoms with Crippen LogP contribution < -0.4 is 10.2 Å². The summed E-state index contributed by atoms with van der Waals surface area (Å²) in [5.74, 6) is -0.150. The minimum absolute atomic E-state index is 0.0614. The summed E-state index contributed by atoms with van der Waals surface area (Å²) in [7, 11) is 0. The number of quaternary nitrogens is 1. The Morgan fingerprint density at radius 2 is 1.85 bits per heavy atom. The Morgan fingerprint density at radius 1 is 1.12 bits per heavy atom. The third-order valence-electron chi connectivity index (χ3n) is 4.29. The Kier molecular flexibility index (Phi) is 6.08. The highest BCUT2D eigenvalue weighted by atomic mass is 35.5. The SMILES string of the molecule is O=C(C[NH+]1CCN(C(=O)c2ccc(Cl)nc2)CC1)Nc1ccccc1Cl. The number of halogens is 2. The summed E-state index contributed by atoms with van der Waals surface area (Å²) >= 11 is 11.8. The average Bonchev–Trinajstić information content (AvgIpc) is 2.64. The minimum atomic E-state index is -0.0882. The fourth-order valence-electron chi connectivity index (χ4n) is 2.87. The molecule has 136 valence electrons. The first-order valence-electron chi connectivity index (χ1n) is 8.32. The summed E-state index contributed by atoms with van der Waals surface area (Å²) in [5.41, 5.74) is 1.14. The molecule has 1 aliphatic heterocycles. The van der Waals surface area contributed by atoms with Gasteiger partial charge in [0.25, 0.3) is 11.8 Å². The number of carbonyl (C=O) groups is 2. The third kappa shape index (κ3) is 4.72. The van der Waals surface area contributed by atoms with Crippen molar-refractivity contribution in [1.29, 1.82) is 0 Å². The molecule has 0 aliphatic carbocycles. The summed E-state index contributed by atoms with van der Waals surface area (Å²) in [6, 6.07) is 10.4. The molecule has 0 unspecified atom stereocenters. The number of hydrogen-bond acceptors (Lipinski definition) is 3. The molecule has 2 heterocycles. The highest BCUT2D eigenvalue weighted by Crippen LogP contribution is 2.19. The van der Waals surface area contributed by atoms with E-state index in [1.54, 1.807) is 29.2 Å². The van der Waals surface area contributed by atoms with Crippen LogP contribution in [0.3, 0.4) is 0 Å². The van der Waals surface area contributed by atoms with Crippen LogP contribution in [0, 0.1) is 0 Å². The second-order valence-corrected chi connectivity index (χ2v) is 6.91. The zero-order valence-corrected chi connectivity index (χ0v) is 15.6. The molecular formula is C18H19Cl2N4O2+. The predicted molar refractivity (Wildman–Crippen MR) is 101 cm³/mol. The molecule has 6 nitrogen and oxygen atoms in total. The molecule has 0 spiro atoms. The molecule has 3 rings (SSSR count). The molecule has 0 saturated carbocycles. The van der Waals surface area contributed by atoms with Crippen LogP contribution in [0.1, 0.15) is 10.4 Å². The molecule has 1 saturated heterocycles. The maximum Gasteiger partial charge on any atom is 0.279 e. The van der Waals surface area contributed by atoms with Crippen LogP contribution in [0.2, 0.25) is 10.2 Å². The molecular weight excluding hydrogens is 375 g/mol. The summed E-state index contributed by atoms with van der Waals surface area (Å²) < 4.78 is 0. The molecule has 2 N–H and O–H groups in total. The summed E-state index contributed by atoms with van der Waals surface area (Å²) in [6.07, 6.45) is 1.49. The monoisotopic (exact) mass is 393 g/mol. The molecule has 2 aromatic rings. The van der Waals surface area contributed by atoms with Gasteiger partial charge in [0.15, 0.2) is 6.54 Å². The molecule has 26 heavy (non-hydrogen) atoms. The summed E-state index contributed by atoms with van der Waals surface area (Å²) in [4.78, 5) is 31.5. The van der Waals surface area contributed by atoms with Gasteiger partial charge in [-0.2, -0.15) is 0 Å². The van der Waals surface area contributed by atoms with E-state index in [-0.39, 0.29) is 11.8 Å². The Morgan fingerprint density at radius 3 is 2.50 bits per heavy atom. The zero-order chi connectivity index (χ0) is 18.5. The number of aromatic nitrogens is 1. The van der Waals surface area contributed by atoms with E-state index < -0.39 is 0 Å². The maximum atomic E-state index is 12.5. The molecule has 8 heteroatoms. The lowest BCUT2D eigenvalue weighted by atomic mass is 10.2. The van der Waals surface area contributed by atoms with Crippen molar-refractivity contribution in [3.63, 3.8) is 0 Å². The second kappa shape index (κ2) is 8.49.